The Balaban J connectivity index is 1.59. The van der Waals surface area contributed by atoms with Gasteiger partial charge in [0.15, 0.2) is 0 Å². The average molecular weight is 338 g/mol. The molecule has 0 amide bonds. The summed E-state index contributed by atoms with van der Waals surface area (Å²) in [7, 11) is 0. The molecule has 24 heavy (non-hydrogen) atoms. The van der Waals surface area contributed by atoms with Gasteiger partial charge in [0.2, 0.25) is 5.89 Å². The minimum absolute atomic E-state index is 0.347. The zero-order valence-corrected chi connectivity index (χ0v) is 13.2. The smallest absolute Gasteiger partial charge is 0.326 e. The number of rotatable bonds is 3. The highest BCUT2D eigenvalue weighted by Gasteiger charge is 2.36. The molecular formula is C19H12ClNO3. The first-order valence-electron chi connectivity index (χ1n) is 7.41. The number of hydrogen-bond donors (Lipinski definition) is 0. The topological polar surface area (TPSA) is 52.3 Å². The lowest BCUT2D eigenvalue weighted by Gasteiger charge is -2.01. The number of benzene rings is 2. The van der Waals surface area contributed by atoms with Crippen LogP contribution < -0.4 is 4.74 Å². The predicted molar refractivity (Wildman–Crippen MR) is 90.8 cm³/mol. The first-order chi connectivity index (χ1) is 11.7. The van der Waals surface area contributed by atoms with E-state index in [1.165, 1.54) is 0 Å². The summed E-state index contributed by atoms with van der Waals surface area (Å²) >= 11 is 5.86. The minimum Gasteiger partial charge on any atom is -0.441 e. The zero-order chi connectivity index (χ0) is 16.5. The normalized spacial score (nSPS) is 16.4. The number of fused-ring (bicyclic) bond motifs is 1. The molecular weight excluding hydrogens is 326 g/mol. The summed E-state index contributed by atoms with van der Waals surface area (Å²) in [6, 6.07) is 14.7. The second-order valence-corrected chi connectivity index (χ2v) is 5.81. The number of halogens is 1. The average Bonchev–Trinajstić information content (AvgIpc) is 3.17. The molecule has 2 aromatic carbocycles. The van der Waals surface area contributed by atoms with Crippen LogP contribution in [-0.4, -0.2) is 11.0 Å². The van der Waals surface area contributed by atoms with Crippen LogP contribution in [0.1, 0.15) is 28.7 Å². The van der Waals surface area contributed by atoms with E-state index in [-0.39, 0.29) is 5.97 Å². The fraction of sp³-hybridized carbons (Fsp3) is 0.0526. The van der Waals surface area contributed by atoms with Gasteiger partial charge < -0.3 is 9.15 Å². The number of carbonyl (C=O) groups excluding carboxylic acids is 1. The Morgan fingerprint density at radius 2 is 1.83 bits per heavy atom. The van der Waals surface area contributed by atoms with E-state index in [1.807, 2.05) is 48.5 Å². The maximum absolute atomic E-state index is 12.1. The Kier molecular flexibility index (Phi) is 3.67. The van der Waals surface area contributed by atoms with E-state index in [4.69, 9.17) is 20.8 Å². The number of esters is 1. The number of carbonyl (C=O) groups is 1. The van der Waals surface area contributed by atoms with Gasteiger partial charge in [0.05, 0.1) is 6.20 Å². The lowest BCUT2D eigenvalue weighted by molar-refractivity contribution is -0.133. The van der Waals surface area contributed by atoms with Gasteiger partial charge in [-0.25, -0.2) is 4.98 Å². The van der Waals surface area contributed by atoms with Gasteiger partial charge in [-0.1, -0.05) is 41.9 Å². The van der Waals surface area contributed by atoms with E-state index in [1.54, 1.807) is 18.3 Å². The zero-order valence-electron chi connectivity index (χ0n) is 12.5. The maximum Gasteiger partial charge on any atom is 0.326 e. The van der Waals surface area contributed by atoms with Crippen LogP contribution in [0, 0.1) is 0 Å². The molecule has 1 aliphatic heterocycles. The highest BCUT2D eigenvalue weighted by Crippen LogP contribution is 2.39. The van der Waals surface area contributed by atoms with Gasteiger partial charge in [-0.15, -0.1) is 0 Å². The molecule has 4 rings (SSSR count). The first kappa shape index (κ1) is 14.7. The van der Waals surface area contributed by atoms with Gasteiger partial charge in [-0.2, -0.15) is 0 Å². The Morgan fingerprint density at radius 1 is 1.04 bits per heavy atom. The van der Waals surface area contributed by atoms with E-state index >= 15 is 0 Å². The van der Waals surface area contributed by atoms with Crippen LogP contribution in [0.2, 0.25) is 5.02 Å². The number of hydrogen-bond acceptors (Lipinski definition) is 4. The predicted octanol–water partition coefficient (Wildman–Crippen LogP) is 4.55. The molecule has 0 radical (unpaired) electrons. The van der Waals surface area contributed by atoms with Gasteiger partial charge in [-0.05, 0) is 29.8 Å². The molecule has 0 spiro atoms. The summed E-state index contributed by atoms with van der Waals surface area (Å²) in [4.78, 5) is 16.3. The van der Waals surface area contributed by atoms with Crippen molar-refractivity contribution in [3.8, 4) is 5.75 Å². The van der Waals surface area contributed by atoms with Crippen LogP contribution in [0.5, 0.6) is 5.75 Å². The highest BCUT2D eigenvalue weighted by atomic mass is 35.5. The third kappa shape index (κ3) is 2.72. The maximum atomic E-state index is 12.1. The number of ether oxygens (including phenoxy) is 1. The largest absolute Gasteiger partial charge is 0.441 e. The summed E-state index contributed by atoms with van der Waals surface area (Å²) in [5.41, 5.74) is 1.77. The summed E-state index contributed by atoms with van der Waals surface area (Å²) in [5.74, 6) is 0.562. The molecule has 0 saturated heterocycles. The summed E-state index contributed by atoms with van der Waals surface area (Å²) in [5, 5.41) is 0.684. The standard InChI is InChI=1S/C19H12ClNO3/c20-13-8-5-12(6-9-13)7-10-17-21-11-16(23-17)18-14-3-1-2-4-15(14)24-19(18)22/h1-11,18H/b10-7+. The third-order valence-corrected chi connectivity index (χ3v) is 4.04. The van der Waals surface area contributed by atoms with Gasteiger partial charge in [0.25, 0.3) is 0 Å². The molecule has 0 fully saturated rings. The molecule has 0 aliphatic carbocycles. The molecule has 2 heterocycles. The molecule has 3 aromatic rings. The van der Waals surface area contributed by atoms with Crippen molar-refractivity contribution < 1.29 is 13.9 Å². The van der Waals surface area contributed by atoms with Crippen molar-refractivity contribution in [1.29, 1.82) is 0 Å². The molecule has 1 atom stereocenters. The van der Waals surface area contributed by atoms with Crippen LogP contribution in [0.25, 0.3) is 12.2 Å². The van der Waals surface area contributed by atoms with E-state index in [9.17, 15) is 4.79 Å². The second-order valence-electron chi connectivity index (χ2n) is 5.38. The molecule has 0 bridgehead atoms. The highest BCUT2D eigenvalue weighted by molar-refractivity contribution is 6.30. The molecule has 1 aliphatic rings. The van der Waals surface area contributed by atoms with Crippen LogP contribution >= 0.6 is 11.6 Å². The van der Waals surface area contributed by atoms with Crippen molar-refractivity contribution in [3.63, 3.8) is 0 Å². The lowest BCUT2D eigenvalue weighted by Crippen LogP contribution is -2.10. The van der Waals surface area contributed by atoms with Crippen LogP contribution in [0.4, 0.5) is 0 Å². The lowest BCUT2D eigenvalue weighted by atomic mass is 9.99. The van der Waals surface area contributed by atoms with Gasteiger partial charge >= 0.3 is 5.97 Å². The minimum atomic E-state index is -0.564. The Hall–Kier alpha value is -2.85. The number of aromatic nitrogens is 1. The SMILES string of the molecule is O=C1Oc2ccccc2C1c1cnc(/C=C/c2ccc(Cl)cc2)o1. The number of para-hydroxylation sites is 1. The fourth-order valence-electron chi connectivity index (χ4n) is 2.63. The molecule has 0 saturated carbocycles. The van der Waals surface area contributed by atoms with E-state index in [0.717, 1.165) is 11.1 Å². The molecule has 0 N–H and O–H groups in total. The van der Waals surface area contributed by atoms with Crippen molar-refractivity contribution in [2.75, 3.05) is 0 Å². The quantitative estimate of drug-likeness (QED) is 0.519. The van der Waals surface area contributed by atoms with Crippen LogP contribution in [0.3, 0.4) is 0 Å². The Bertz CT molecular complexity index is 928. The number of nitrogens with zero attached hydrogens (tertiary/aromatic N) is 1. The van der Waals surface area contributed by atoms with E-state index < -0.39 is 5.92 Å². The van der Waals surface area contributed by atoms with Gasteiger partial charge in [0, 0.05) is 16.7 Å². The molecule has 1 aromatic heterocycles. The Labute approximate surface area is 143 Å². The fourth-order valence-corrected chi connectivity index (χ4v) is 2.75. The molecule has 4 nitrogen and oxygen atoms in total. The van der Waals surface area contributed by atoms with Crippen molar-refractivity contribution >= 4 is 29.7 Å². The van der Waals surface area contributed by atoms with E-state index in [2.05, 4.69) is 4.98 Å². The van der Waals surface area contributed by atoms with Gasteiger partial charge in [0.1, 0.15) is 17.4 Å². The van der Waals surface area contributed by atoms with Crippen molar-refractivity contribution in [3.05, 3.63) is 82.5 Å². The van der Waals surface area contributed by atoms with Gasteiger partial charge in [-0.3, -0.25) is 4.79 Å². The third-order valence-electron chi connectivity index (χ3n) is 3.79. The van der Waals surface area contributed by atoms with Crippen molar-refractivity contribution in [2.45, 2.75) is 5.92 Å². The Morgan fingerprint density at radius 3 is 2.67 bits per heavy atom. The second kappa shape index (κ2) is 5.98. The molecule has 118 valence electrons. The monoisotopic (exact) mass is 337 g/mol. The number of oxazole rings is 1. The van der Waals surface area contributed by atoms with Crippen LogP contribution in [0.15, 0.2) is 59.1 Å². The molecule has 1 unspecified atom stereocenters. The summed E-state index contributed by atoms with van der Waals surface area (Å²) in [6.07, 6.45) is 5.18. The van der Waals surface area contributed by atoms with Crippen molar-refractivity contribution in [2.24, 2.45) is 0 Å². The molecule has 5 heteroatoms. The van der Waals surface area contributed by atoms with Crippen LogP contribution in [-0.2, 0) is 4.79 Å². The summed E-state index contributed by atoms with van der Waals surface area (Å²) in [6.45, 7) is 0. The summed E-state index contributed by atoms with van der Waals surface area (Å²) < 4.78 is 11.0. The first-order valence-corrected chi connectivity index (χ1v) is 7.78. The van der Waals surface area contributed by atoms with Crippen molar-refractivity contribution in [1.82, 2.24) is 4.98 Å². The van der Waals surface area contributed by atoms with E-state index in [0.29, 0.717) is 22.4 Å².